The molecule has 0 radical (unpaired) electrons. The predicted octanol–water partition coefficient (Wildman–Crippen LogP) is 5.98. The zero-order chi connectivity index (χ0) is 21.8. The second-order valence-electron chi connectivity index (χ2n) is 7.06. The van der Waals surface area contributed by atoms with Gasteiger partial charge in [-0.25, -0.2) is 0 Å². The number of carbonyl (C=O) groups excluding carboxylic acids is 2. The van der Waals surface area contributed by atoms with Crippen molar-refractivity contribution in [1.82, 2.24) is 0 Å². The molecule has 0 spiro atoms. The Bertz CT molecular complexity index is 849. The highest BCUT2D eigenvalue weighted by atomic mass is 127. The van der Waals surface area contributed by atoms with E-state index in [9.17, 15) is 19.8 Å². The summed E-state index contributed by atoms with van der Waals surface area (Å²) in [7, 11) is 0. The lowest BCUT2D eigenvalue weighted by atomic mass is 9.96. The Morgan fingerprint density at radius 3 is 1.71 bits per heavy atom. The van der Waals surface area contributed by atoms with Crippen molar-refractivity contribution in [3.8, 4) is 11.5 Å². The van der Waals surface area contributed by atoms with E-state index in [-0.39, 0.29) is 39.8 Å². The van der Waals surface area contributed by atoms with Crippen LogP contribution < -0.4 is 0 Å². The van der Waals surface area contributed by atoms with Crippen LogP contribution >= 0.6 is 22.6 Å². The fourth-order valence-corrected chi connectivity index (χ4v) is 3.78. The van der Waals surface area contributed by atoms with Crippen molar-refractivity contribution in [3.63, 3.8) is 0 Å². The van der Waals surface area contributed by atoms with Crippen molar-refractivity contribution in [1.29, 1.82) is 0 Å². The summed E-state index contributed by atoms with van der Waals surface area (Å²) in [5.74, 6) is -1.10. The lowest BCUT2D eigenvalue weighted by Crippen LogP contribution is -2.03. The third-order valence-corrected chi connectivity index (χ3v) is 6.17. The van der Waals surface area contributed by atoms with Crippen LogP contribution in [0.25, 0.3) is 0 Å². The van der Waals surface area contributed by atoms with Gasteiger partial charge in [0.15, 0.2) is 11.6 Å². The number of rotatable bonds is 4. The standard InChI is InChI=1S/C13H16O4.C10H13I/c1-4-5-9-12(16)10(7(2)14)6-11(8(3)15)13(9)17;1-6-5-10(11)9(4)8(3)7(6)2/h6,16-17H,4-5H2,1-3H3;5H,1-4H3. The van der Waals surface area contributed by atoms with Gasteiger partial charge in [-0.05, 0) is 105 Å². The number of aryl methyl sites for hydroxylation is 1. The third-order valence-electron chi connectivity index (χ3n) is 5.05. The maximum atomic E-state index is 11.4. The summed E-state index contributed by atoms with van der Waals surface area (Å²) < 4.78 is 1.38. The number of phenolic OH excluding ortho intramolecular Hbond substituents is 2. The fraction of sp³-hybridized carbons (Fsp3) is 0.391. The molecule has 0 aromatic heterocycles. The third kappa shape index (κ3) is 5.34. The molecule has 5 heteroatoms. The lowest BCUT2D eigenvalue weighted by Gasteiger charge is -2.12. The Kier molecular flexibility index (Phi) is 8.67. The van der Waals surface area contributed by atoms with Crippen LogP contribution in [-0.2, 0) is 6.42 Å². The Balaban J connectivity index is 0.000000307. The van der Waals surface area contributed by atoms with Crippen LogP contribution in [0, 0.1) is 31.3 Å². The molecule has 0 amide bonds. The van der Waals surface area contributed by atoms with E-state index in [2.05, 4.69) is 56.4 Å². The van der Waals surface area contributed by atoms with E-state index in [0.29, 0.717) is 12.8 Å². The molecule has 2 rings (SSSR count). The number of carbonyl (C=O) groups is 2. The first-order valence-electron chi connectivity index (χ1n) is 9.26. The summed E-state index contributed by atoms with van der Waals surface area (Å²) in [6.07, 6.45) is 1.11. The number of Topliss-reactive ketones (excluding diaryl/α,β-unsaturated/α-hetero) is 2. The summed E-state index contributed by atoms with van der Waals surface area (Å²) in [4.78, 5) is 22.7. The molecular formula is C23H29IO4. The molecule has 2 aromatic rings. The molecule has 0 aliphatic carbocycles. The van der Waals surface area contributed by atoms with E-state index in [1.165, 1.54) is 45.7 Å². The van der Waals surface area contributed by atoms with Gasteiger partial charge in [-0.3, -0.25) is 9.59 Å². The smallest absolute Gasteiger partial charge is 0.163 e. The molecule has 2 aromatic carbocycles. The number of hydrogen-bond donors (Lipinski definition) is 2. The van der Waals surface area contributed by atoms with Gasteiger partial charge in [0.1, 0.15) is 11.5 Å². The average Bonchev–Trinajstić information content (AvgIpc) is 2.61. The van der Waals surface area contributed by atoms with Crippen LogP contribution in [0.4, 0.5) is 0 Å². The molecule has 0 aliphatic heterocycles. The molecule has 2 N–H and O–H groups in total. The summed E-state index contributed by atoms with van der Waals surface area (Å²) in [5, 5.41) is 19.8. The number of hydrogen-bond acceptors (Lipinski definition) is 4. The van der Waals surface area contributed by atoms with Gasteiger partial charge >= 0.3 is 0 Å². The van der Waals surface area contributed by atoms with E-state index in [0.717, 1.165) is 0 Å². The molecule has 0 saturated heterocycles. The summed E-state index contributed by atoms with van der Waals surface area (Å²) in [6, 6.07) is 3.49. The number of aromatic hydroxyl groups is 2. The van der Waals surface area contributed by atoms with E-state index in [4.69, 9.17) is 0 Å². The zero-order valence-corrected chi connectivity index (χ0v) is 19.8. The number of phenols is 2. The van der Waals surface area contributed by atoms with Crippen molar-refractivity contribution in [2.75, 3.05) is 0 Å². The second kappa shape index (κ2) is 10.0. The maximum absolute atomic E-state index is 11.4. The molecule has 0 saturated carbocycles. The quantitative estimate of drug-likeness (QED) is 0.404. The summed E-state index contributed by atoms with van der Waals surface area (Å²) in [6.45, 7) is 13.2. The fourth-order valence-electron chi connectivity index (χ4n) is 2.90. The maximum Gasteiger partial charge on any atom is 0.163 e. The Morgan fingerprint density at radius 2 is 1.32 bits per heavy atom. The van der Waals surface area contributed by atoms with E-state index >= 15 is 0 Å². The highest BCUT2D eigenvalue weighted by Crippen LogP contribution is 2.35. The van der Waals surface area contributed by atoms with Gasteiger partial charge in [-0.1, -0.05) is 13.3 Å². The molecule has 0 heterocycles. The number of benzene rings is 2. The first-order chi connectivity index (χ1) is 12.9. The monoisotopic (exact) mass is 496 g/mol. The predicted molar refractivity (Wildman–Crippen MR) is 122 cm³/mol. The van der Waals surface area contributed by atoms with Gasteiger partial charge in [-0.15, -0.1) is 0 Å². The van der Waals surface area contributed by atoms with Crippen LogP contribution in [0.1, 0.15) is 75.7 Å². The molecule has 4 nitrogen and oxygen atoms in total. The largest absolute Gasteiger partial charge is 0.507 e. The van der Waals surface area contributed by atoms with Crippen molar-refractivity contribution >= 4 is 34.2 Å². The SMILES string of the molecule is CCCc1c(O)c(C(C)=O)cc(C(C)=O)c1O.Cc1cc(I)c(C)c(C)c1C. The van der Waals surface area contributed by atoms with Crippen molar-refractivity contribution in [2.45, 2.75) is 61.3 Å². The van der Waals surface area contributed by atoms with Crippen molar-refractivity contribution < 1.29 is 19.8 Å². The molecule has 0 bridgehead atoms. The Hall–Kier alpha value is -1.89. The molecule has 0 unspecified atom stereocenters. The highest BCUT2D eigenvalue weighted by Gasteiger charge is 2.20. The van der Waals surface area contributed by atoms with E-state index in [1.54, 1.807) is 0 Å². The summed E-state index contributed by atoms with van der Waals surface area (Å²) >= 11 is 2.39. The van der Waals surface area contributed by atoms with Gasteiger partial charge in [-0.2, -0.15) is 0 Å². The first kappa shape index (κ1) is 24.1. The number of ketones is 2. The van der Waals surface area contributed by atoms with Crippen LogP contribution in [0.2, 0.25) is 0 Å². The van der Waals surface area contributed by atoms with Crippen molar-refractivity contribution in [2.24, 2.45) is 0 Å². The minimum absolute atomic E-state index is 0.0800. The topological polar surface area (TPSA) is 74.6 Å². The average molecular weight is 496 g/mol. The first-order valence-corrected chi connectivity index (χ1v) is 10.3. The van der Waals surface area contributed by atoms with Crippen LogP contribution in [0.5, 0.6) is 11.5 Å². The zero-order valence-electron chi connectivity index (χ0n) is 17.7. The van der Waals surface area contributed by atoms with Gasteiger partial charge in [0.25, 0.3) is 0 Å². The van der Waals surface area contributed by atoms with Crippen LogP contribution in [0.3, 0.4) is 0 Å². The minimum Gasteiger partial charge on any atom is -0.507 e. The van der Waals surface area contributed by atoms with Crippen LogP contribution in [0.15, 0.2) is 12.1 Å². The van der Waals surface area contributed by atoms with E-state index in [1.807, 2.05) is 6.92 Å². The molecular weight excluding hydrogens is 467 g/mol. The van der Waals surface area contributed by atoms with Gasteiger partial charge < -0.3 is 10.2 Å². The molecule has 0 fully saturated rings. The molecule has 0 aliphatic rings. The van der Waals surface area contributed by atoms with Gasteiger partial charge in [0.05, 0.1) is 11.1 Å². The van der Waals surface area contributed by atoms with E-state index < -0.39 is 0 Å². The molecule has 28 heavy (non-hydrogen) atoms. The number of halogens is 1. The highest BCUT2D eigenvalue weighted by molar-refractivity contribution is 14.1. The normalized spacial score (nSPS) is 10.3. The Morgan fingerprint density at radius 1 is 0.857 bits per heavy atom. The van der Waals surface area contributed by atoms with Crippen LogP contribution in [-0.4, -0.2) is 21.8 Å². The lowest BCUT2D eigenvalue weighted by molar-refractivity contribution is 0.101. The second-order valence-corrected chi connectivity index (χ2v) is 8.22. The van der Waals surface area contributed by atoms with Crippen molar-refractivity contribution in [3.05, 3.63) is 54.6 Å². The Labute approximate surface area is 181 Å². The van der Waals surface area contributed by atoms with Gasteiger partial charge in [0, 0.05) is 9.13 Å². The minimum atomic E-state index is -0.331. The molecule has 0 atom stereocenters. The molecule has 152 valence electrons. The van der Waals surface area contributed by atoms with Gasteiger partial charge in [0.2, 0.25) is 0 Å². The summed E-state index contributed by atoms with van der Waals surface area (Å²) in [5.41, 5.74) is 6.13.